The third-order valence-corrected chi connectivity index (χ3v) is 6.76. The Labute approximate surface area is 211 Å². The number of alkyl carbamates (subject to hydrolysis) is 1. The van der Waals surface area contributed by atoms with Gasteiger partial charge in [-0.25, -0.2) is 9.59 Å². The van der Waals surface area contributed by atoms with Gasteiger partial charge in [-0.05, 0) is 58.9 Å². The van der Waals surface area contributed by atoms with E-state index in [2.05, 4.69) is 35.6 Å². The number of unbranched alkanes of at least 4 members (excludes halogenated alkanes) is 1. The average Bonchev–Trinajstić information content (AvgIpc) is 2.69. The zero-order valence-electron chi connectivity index (χ0n) is 23.1. The molecular formula is C24H48N4O6Si. The Morgan fingerprint density at radius 2 is 1.54 bits per heavy atom. The van der Waals surface area contributed by atoms with Crippen LogP contribution >= 0.6 is 0 Å². The van der Waals surface area contributed by atoms with Gasteiger partial charge in [0.15, 0.2) is 0 Å². The Kier molecular flexibility index (Phi) is 14.2. The van der Waals surface area contributed by atoms with E-state index in [9.17, 15) is 19.2 Å². The van der Waals surface area contributed by atoms with E-state index in [1.807, 2.05) is 13.8 Å². The van der Waals surface area contributed by atoms with E-state index in [0.717, 1.165) is 6.04 Å². The van der Waals surface area contributed by atoms with E-state index in [1.165, 1.54) is 0 Å². The minimum atomic E-state index is -1.39. The smallest absolute Gasteiger partial charge is 0.407 e. The maximum atomic E-state index is 12.7. The summed E-state index contributed by atoms with van der Waals surface area (Å²) in [4.78, 5) is 49.4. The molecule has 0 saturated heterocycles. The fourth-order valence-electron chi connectivity index (χ4n) is 2.76. The quantitative estimate of drug-likeness (QED) is 0.157. The average molecular weight is 517 g/mol. The molecule has 0 aliphatic heterocycles. The highest BCUT2D eigenvalue weighted by Crippen LogP contribution is 2.10. The Bertz CT molecular complexity index is 703. The monoisotopic (exact) mass is 516 g/mol. The SMILES string of the molecule is CC(NC(=O)C(N)C(C)C)C(=O)NC(CCCCNC(=O)OC(C)(C)C)C(=O)OCC[Si](C)(C)C. The lowest BCUT2D eigenvalue weighted by molar-refractivity contribution is -0.147. The molecule has 0 saturated carbocycles. The Hall–Kier alpha value is -2.14. The molecule has 10 nitrogen and oxygen atoms in total. The second kappa shape index (κ2) is 15.1. The number of amides is 3. The van der Waals surface area contributed by atoms with Crippen LogP contribution in [0.4, 0.5) is 4.79 Å². The molecule has 3 unspecified atom stereocenters. The van der Waals surface area contributed by atoms with Crippen molar-refractivity contribution >= 4 is 32.0 Å². The van der Waals surface area contributed by atoms with E-state index in [0.29, 0.717) is 32.4 Å². The first-order valence-corrected chi connectivity index (χ1v) is 16.1. The summed E-state index contributed by atoms with van der Waals surface area (Å²) in [6.45, 7) is 17.8. The second-order valence-electron chi connectivity index (χ2n) is 11.5. The molecular weight excluding hydrogens is 468 g/mol. The first kappa shape index (κ1) is 32.9. The summed E-state index contributed by atoms with van der Waals surface area (Å²) in [6.07, 6.45) is 0.976. The molecule has 3 atom stereocenters. The summed E-state index contributed by atoms with van der Waals surface area (Å²) < 4.78 is 10.6. The van der Waals surface area contributed by atoms with Crippen LogP contribution in [0.1, 0.15) is 60.8 Å². The molecule has 0 bridgehead atoms. The van der Waals surface area contributed by atoms with E-state index in [1.54, 1.807) is 27.7 Å². The molecule has 35 heavy (non-hydrogen) atoms. The molecule has 0 aromatic rings. The molecule has 0 rings (SSSR count). The first-order chi connectivity index (χ1) is 15.9. The molecule has 0 aliphatic rings. The minimum Gasteiger partial charge on any atom is -0.464 e. The van der Waals surface area contributed by atoms with E-state index in [4.69, 9.17) is 15.2 Å². The van der Waals surface area contributed by atoms with Crippen molar-refractivity contribution in [1.82, 2.24) is 16.0 Å². The van der Waals surface area contributed by atoms with Crippen LogP contribution in [0.3, 0.4) is 0 Å². The van der Waals surface area contributed by atoms with Crippen molar-refractivity contribution in [2.45, 2.75) is 110 Å². The zero-order chi connectivity index (χ0) is 27.4. The van der Waals surface area contributed by atoms with Crippen molar-refractivity contribution in [1.29, 1.82) is 0 Å². The van der Waals surface area contributed by atoms with Crippen LogP contribution in [0, 0.1) is 5.92 Å². The van der Waals surface area contributed by atoms with Crippen LogP contribution in [0.5, 0.6) is 0 Å². The van der Waals surface area contributed by atoms with Crippen molar-refractivity contribution < 1.29 is 28.7 Å². The van der Waals surface area contributed by atoms with Crippen LogP contribution in [-0.4, -0.2) is 68.8 Å². The number of hydrogen-bond acceptors (Lipinski definition) is 7. The van der Waals surface area contributed by atoms with Gasteiger partial charge >= 0.3 is 12.1 Å². The molecule has 0 spiro atoms. The summed E-state index contributed by atoms with van der Waals surface area (Å²) >= 11 is 0. The number of esters is 1. The fraction of sp³-hybridized carbons (Fsp3) is 0.833. The van der Waals surface area contributed by atoms with E-state index in [-0.39, 0.29) is 5.92 Å². The van der Waals surface area contributed by atoms with Crippen LogP contribution in [0.25, 0.3) is 0 Å². The predicted octanol–water partition coefficient (Wildman–Crippen LogP) is 2.54. The molecule has 0 aromatic carbocycles. The lowest BCUT2D eigenvalue weighted by Gasteiger charge is -2.23. The van der Waals surface area contributed by atoms with Gasteiger partial charge in [0.2, 0.25) is 11.8 Å². The number of carbonyl (C=O) groups excluding carboxylic acids is 4. The second-order valence-corrected chi connectivity index (χ2v) is 17.1. The van der Waals surface area contributed by atoms with Crippen molar-refractivity contribution in [3.8, 4) is 0 Å². The fourth-order valence-corrected chi connectivity index (χ4v) is 3.47. The third-order valence-electron chi connectivity index (χ3n) is 5.06. The summed E-state index contributed by atoms with van der Waals surface area (Å²) in [5.41, 5.74) is 5.26. The van der Waals surface area contributed by atoms with Gasteiger partial charge in [0.05, 0.1) is 12.6 Å². The van der Waals surface area contributed by atoms with Crippen LogP contribution < -0.4 is 21.7 Å². The highest BCUT2D eigenvalue weighted by atomic mass is 28.3. The van der Waals surface area contributed by atoms with Gasteiger partial charge in [0, 0.05) is 14.6 Å². The Morgan fingerprint density at radius 1 is 0.943 bits per heavy atom. The molecule has 0 aliphatic carbocycles. The Morgan fingerprint density at radius 3 is 2.06 bits per heavy atom. The van der Waals surface area contributed by atoms with Gasteiger partial charge in [0.25, 0.3) is 0 Å². The molecule has 204 valence electrons. The molecule has 0 radical (unpaired) electrons. The lowest BCUT2D eigenvalue weighted by Crippen LogP contribution is -2.54. The maximum Gasteiger partial charge on any atom is 0.407 e. The highest BCUT2D eigenvalue weighted by Gasteiger charge is 2.27. The van der Waals surface area contributed by atoms with Crippen LogP contribution in [0.15, 0.2) is 0 Å². The van der Waals surface area contributed by atoms with Gasteiger partial charge in [-0.2, -0.15) is 0 Å². The van der Waals surface area contributed by atoms with Gasteiger partial charge in [-0.1, -0.05) is 33.5 Å². The largest absolute Gasteiger partial charge is 0.464 e. The van der Waals surface area contributed by atoms with E-state index < -0.39 is 55.7 Å². The topological polar surface area (TPSA) is 149 Å². The molecule has 11 heteroatoms. The summed E-state index contributed by atoms with van der Waals surface area (Å²) in [5.74, 6) is -1.50. The summed E-state index contributed by atoms with van der Waals surface area (Å²) in [7, 11) is -1.39. The molecule has 0 aromatic heterocycles. The van der Waals surface area contributed by atoms with Crippen molar-refractivity contribution in [2.24, 2.45) is 11.7 Å². The molecule has 0 fully saturated rings. The third kappa shape index (κ3) is 16.2. The number of carbonyl (C=O) groups is 4. The molecule has 0 heterocycles. The number of ether oxygens (including phenoxy) is 2. The normalized spacial score (nSPS) is 14.5. The van der Waals surface area contributed by atoms with Crippen LogP contribution in [-0.2, 0) is 23.9 Å². The zero-order valence-corrected chi connectivity index (χ0v) is 24.1. The van der Waals surface area contributed by atoms with Gasteiger partial charge < -0.3 is 31.2 Å². The number of hydrogen-bond donors (Lipinski definition) is 4. The van der Waals surface area contributed by atoms with Crippen LogP contribution in [0.2, 0.25) is 25.7 Å². The molecule has 3 amide bonds. The Balaban J connectivity index is 4.91. The molecule has 5 N–H and O–H groups in total. The minimum absolute atomic E-state index is 0.0753. The maximum absolute atomic E-state index is 12.7. The highest BCUT2D eigenvalue weighted by molar-refractivity contribution is 6.76. The van der Waals surface area contributed by atoms with Gasteiger partial charge in [-0.15, -0.1) is 0 Å². The standard InChI is InChI=1S/C24H48N4O6Si/c1-16(2)19(25)21(30)27-17(3)20(29)28-18(22(31)33-14-15-35(7,8)9)12-10-11-13-26-23(32)34-24(4,5)6/h16-19H,10-15,25H2,1-9H3,(H,26,32)(H,27,30)(H,28,29). The van der Waals surface area contributed by atoms with Crippen molar-refractivity contribution in [3.63, 3.8) is 0 Å². The first-order valence-electron chi connectivity index (χ1n) is 12.4. The summed E-state index contributed by atoms with van der Waals surface area (Å²) in [5, 5.41) is 7.96. The summed E-state index contributed by atoms with van der Waals surface area (Å²) in [6, 6.07) is -1.63. The number of nitrogens with one attached hydrogen (secondary N) is 3. The lowest BCUT2D eigenvalue weighted by atomic mass is 10.0. The number of nitrogens with two attached hydrogens (primary N) is 1. The van der Waals surface area contributed by atoms with Gasteiger partial charge in [-0.3, -0.25) is 9.59 Å². The predicted molar refractivity (Wildman–Crippen MR) is 140 cm³/mol. The van der Waals surface area contributed by atoms with E-state index >= 15 is 0 Å². The van der Waals surface area contributed by atoms with Crippen molar-refractivity contribution in [3.05, 3.63) is 0 Å². The van der Waals surface area contributed by atoms with Crippen molar-refractivity contribution in [2.75, 3.05) is 13.2 Å². The number of rotatable bonds is 14. The van der Waals surface area contributed by atoms with Gasteiger partial charge in [0.1, 0.15) is 17.7 Å².